The van der Waals surface area contributed by atoms with Gasteiger partial charge in [-0.15, -0.1) is 0 Å². The lowest BCUT2D eigenvalue weighted by Crippen LogP contribution is -2.04. The first-order valence-corrected chi connectivity index (χ1v) is 4.64. The first kappa shape index (κ1) is 10.4. The van der Waals surface area contributed by atoms with Crippen molar-refractivity contribution < 1.29 is 9.13 Å². The fourth-order valence-electron chi connectivity index (χ4n) is 1.22. The van der Waals surface area contributed by atoms with E-state index in [1.54, 1.807) is 19.1 Å². The highest BCUT2D eigenvalue weighted by atomic mass is 19.1. The van der Waals surface area contributed by atoms with E-state index in [-0.39, 0.29) is 17.2 Å². The lowest BCUT2D eigenvalue weighted by Gasteiger charge is -2.06. The molecule has 1 aromatic carbocycles. The summed E-state index contributed by atoms with van der Waals surface area (Å²) in [7, 11) is 0. The summed E-state index contributed by atoms with van der Waals surface area (Å²) in [6.07, 6.45) is 1.20. The van der Waals surface area contributed by atoms with Gasteiger partial charge in [0.25, 0.3) is 5.56 Å². The predicted octanol–water partition coefficient (Wildman–Crippen LogP) is 2.01. The first-order valence-electron chi connectivity index (χ1n) is 4.64. The predicted molar refractivity (Wildman–Crippen MR) is 56.1 cm³/mol. The molecule has 0 bridgehead atoms. The summed E-state index contributed by atoms with van der Waals surface area (Å²) in [6.45, 7) is 1.63. The topological polar surface area (TPSA) is 55.0 Å². The molecule has 1 N–H and O–H groups in total. The van der Waals surface area contributed by atoms with Crippen LogP contribution in [0.3, 0.4) is 0 Å². The Morgan fingerprint density at radius 1 is 1.44 bits per heavy atom. The molecule has 0 fully saturated rings. The van der Waals surface area contributed by atoms with Gasteiger partial charge < -0.3 is 9.72 Å². The number of hydrogen-bond acceptors (Lipinski definition) is 3. The molecule has 0 aliphatic rings. The molecule has 1 heterocycles. The summed E-state index contributed by atoms with van der Waals surface area (Å²) in [5, 5.41) is 0. The van der Waals surface area contributed by atoms with Crippen LogP contribution in [0.1, 0.15) is 5.56 Å². The Morgan fingerprint density at radius 2 is 2.25 bits per heavy atom. The smallest absolute Gasteiger partial charge is 0.254 e. The van der Waals surface area contributed by atoms with E-state index in [2.05, 4.69) is 9.97 Å². The zero-order valence-electron chi connectivity index (χ0n) is 8.53. The van der Waals surface area contributed by atoms with Gasteiger partial charge in [-0.25, -0.2) is 9.37 Å². The maximum Gasteiger partial charge on any atom is 0.254 e. The third kappa shape index (κ3) is 2.08. The normalized spacial score (nSPS) is 10.1. The van der Waals surface area contributed by atoms with Crippen LogP contribution >= 0.6 is 0 Å². The van der Waals surface area contributed by atoms with Gasteiger partial charge in [-0.1, -0.05) is 12.1 Å². The van der Waals surface area contributed by atoms with Gasteiger partial charge in [0.05, 0.1) is 12.4 Å². The van der Waals surface area contributed by atoms with E-state index in [4.69, 9.17) is 4.74 Å². The molecule has 0 saturated carbocycles. The van der Waals surface area contributed by atoms with Crippen LogP contribution in [0, 0.1) is 12.7 Å². The molecule has 0 aliphatic heterocycles. The number of aryl methyl sites for hydroxylation is 1. The van der Waals surface area contributed by atoms with Crippen LogP contribution in [0.2, 0.25) is 0 Å². The Hall–Kier alpha value is -2.17. The fourth-order valence-corrected chi connectivity index (χ4v) is 1.22. The van der Waals surface area contributed by atoms with Crippen molar-refractivity contribution in [3.8, 4) is 11.6 Å². The van der Waals surface area contributed by atoms with E-state index in [1.165, 1.54) is 12.4 Å². The molecule has 0 unspecified atom stereocenters. The number of ether oxygens (including phenoxy) is 1. The highest BCUT2D eigenvalue weighted by molar-refractivity contribution is 5.32. The number of aromatic amines is 1. The largest absolute Gasteiger partial charge is 0.436 e. The SMILES string of the molecule is Cc1cccc(Oc2cc(=O)[nH]cn2)c1F. The highest BCUT2D eigenvalue weighted by Crippen LogP contribution is 2.23. The Kier molecular flexibility index (Phi) is 2.68. The van der Waals surface area contributed by atoms with E-state index < -0.39 is 5.82 Å². The van der Waals surface area contributed by atoms with Crippen LogP contribution in [0.25, 0.3) is 0 Å². The van der Waals surface area contributed by atoms with Crippen LogP contribution in [0.5, 0.6) is 11.6 Å². The van der Waals surface area contributed by atoms with Crippen molar-refractivity contribution in [3.63, 3.8) is 0 Å². The van der Waals surface area contributed by atoms with E-state index in [0.29, 0.717) is 5.56 Å². The second-order valence-corrected chi connectivity index (χ2v) is 3.24. The van der Waals surface area contributed by atoms with Gasteiger partial charge in [-0.05, 0) is 18.6 Å². The van der Waals surface area contributed by atoms with Crippen LogP contribution in [0.15, 0.2) is 35.4 Å². The van der Waals surface area contributed by atoms with Gasteiger partial charge in [0.15, 0.2) is 11.6 Å². The Morgan fingerprint density at radius 3 is 3.00 bits per heavy atom. The number of nitrogens with one attached hydrogen (secondary N) is 1. The van der Waals surface area contributed by atoms with Crippen LogP contribution in [0.4, 0.5) is 4.39 Å². The van der Waals surface area contributed by atoms with Crippen LogP contribution in [-0.2, 0) is 0 Å². The van der Waals surface area contributed by atoms with E-state index in [1.807, 2.05) is 0 Å². The molecule has 82 valence electrons. The molecular weight excluding hydrogens is 211 g/mol. The maximum atomic E-state index is 13.5. The Labute approximate surface area is 90.7 Å². The number of hydrogen-bond donors (Lipinski definition) is 1. The minimum Gasteiger partial charge on any atom is -0.436 e. The molecule has 0 atom stereocenters. The van der Waals surface area contributed by atoms with Crippen molar-refractivity contribution in [2.45, 2.75) is 6.92 Å². The van der Waals surface area contributed by atoms with Crippen molar-refractivity contribution in [2.75, 3.05) is 0 Å². The quantitative estimate of drug-likeness (QED) is 0.842. The molecule has 0 amide bonds. The van der Waals surface area contributed by atoms with Crippen molar-refractivity contribution in [2.24, 2.45) is 0 Å². The highest BCUT2D eigenvalue weighted by Gasteiger charge is 2.07. The van der Waals surface area contributed by atoms with Gasteiger partial charge in [0.2, 0.25) is 5.88 Å². The van der Waals surface area contributed by atoms with Gasteiger partial charge >= 0.3 is 0 Å². The van der Waals surface area contributed by atoms with Crippen molar-refractivity contribution in [1.29, 1.82) is 0 Å². The number of benzene rings is 1. The van der Waals surface area contributed by atoms with Crippen molar-refractivity contribution >= 4 is 0 Å². The molecule has 2 rings (SSSR count). The lowest BCUT2D eigenvalue weighted by molar-refractivity contribution is 0.424. The Bertz CT molecular complexity index is 566. The minimum absolute atomic E-state index is 0.0538. The zero-order chi connectivity index (χ0) is 11.5. The zero-order valence-corrected chi connectivity index (χ0v) is 8.53. The number of aromatic nitrogens is 2. The molecule has 2 aromatic rings. The summed E-state index contributed by atoms with van der Waals surface area (Å²) in [4.78, 5) is 17.1. The van der Waals surface area contributed by atoms with Gasteiger partial charge in [-0.3, -0.25) is 4.79 Å². The maximum absolute atomic E-state index is 13.5. The standard InChI is InChI=1S/C11H9FN2O2/c1-7-3-2-4-8(11(7)12)16-10-5-9(15)13-6-14-10/h2-6H,1H3,(H,13,14,15). The van der Waals surface area contributed by atoms with Gasteiger partial charge in [0, 0.05) is 0 Å². The lowest BCUT2D eigenvalue weighted by atomic mass is 10.2. The fraction of sp³-hybridized carbons (Fsp3) is 0.0909. The Balaban J connectivity index is 2.34. The van der Waals surface area contributed by atoms with E-state index in [9.17, 15) is 9.18 Å². The monoisotopic (exact) mass is 220 g/mol. The molecule has 16 heavy (non-hydrogen) atoms. The van der Waals surface area contributed by atoms with Gasteiger partial charge in [0.1, 0.15) is 0 Å². The molecule has 0 aliphatic carbocycles. The summed E-state index contributed by atoms with van der Waals surface area (Å²) >= 11 is 0. The van der Waals surface area contributed by atoms with E-state index in [0.717, 1.165) is 6.07 Å². The minimum atomic E-state index is -0.454. The summed E-state index contributed by atoms with van der Waals surface area (Å²) in [6, 6.07) is 5.93. The van der Waals surface area contributed by atoms with Crippen LogP contribution in [-0.4, -0.2) is 9.97 Å². The van der Waals surface area contributed by atoms with Gasteiger partial charge in [-0.2, -0.15) is 0 Å². The first-order chi connectivity index (χ1) is 7.66. The molecule has 1 aromatic heterocycles. The van der Waals surface area contributed by atoms with Crippen LogP contribution < -0.4 is 10.3 Å². The molecular formula is C11H9FN2O2. The number of halogens is 1. The average molecular weight is 220 g/mol. The number of rotatable bonds is 2. The molecule has 0 spiro atoms. The molecule has 0 saturated heterocycles. The summed E-state index contributed by atoms with van der Waals surface area (Å²) < 4.78 is 18.7. The second-order valence-electron chi connectivity index (χ2n) is 3.24. The molecule has 5 heteroatoms. The van der Waals surface area contributed by atoms with Crippen molar-refractivity contribution in [1.82, 2.24) is 9.97 Å². The molecule has 4 nitrogen and oxygen atoms in total. The van der Waals surface area contributed by atoms with E-state index >= 15 is 0 Å². The van der Waals surface area contributed by atoms with Crippen molar-refractivity contribution in [3.05, 3.63) is 52.3 Å². The average Bonchev–Trinajstić information content (AvgIpc) is 2.25. The third-order valence-electron chi connectivity index (χ3n) is 2.02. The second kappa shape index (κ2) is 4.14. The summed E-state index contributed by atoms with van der Waals surface area (Å²) in [5.74, 6) is -0.337. The third-order valence-corrected chi connectivity index (χ3v) is 2.02. The molecule has 0 radical (unpaired) electrons. The number of H-pyrrole nitrogens is 1. The number of nitrogens with zero attached hydrogens (tertiary/aromatic N) is 1. The summed E-state index contributed by atoms with van der Waals surface area (Å²) in [5.41, 5.74) is 0.125.